The summed E-state index contributed by atoms with van der Waals surface area (Å²) in [7, 11) is 1.64. The molecule has 2 atom stereocenters. The summed E-state index contributed by atoms with van der Waals surface area (Å²) in [5, 5.41) is 6.39. The summed E-state index contributed by atoms with van der Waals surface area (Å²) in [6, 6.07) is -0.846. The zero-order valence-electron chi connectivity index (χ0n) is 16.1. The van der Waals surface area contributed by atoms with E-state index in [1.807, 2.05) is 12.2 Å². The predicted molar refractivity (Wildman–Crippen MR) is 94.4 cm³/mol. The molecule has 2 unspecified atom stereocenters. The molecule has 146 valence electrons. The van der Waals surface area contributed by atoms with Crippen molar-refractivity contribution in [3.05, 3.63) is 35.3 Å². The number of hydrogen-bond donors (Lipinski definition) is 1. The predicted octanol–water partition coefficient (Wildman–Crippen LogP) is 2.02. The normalized spacial score (nSPS) is 22.9. The number of aromatic nitrogens is 2. The molecule has 2 aliphatic rings. The fourth-order valence-electron chi connectivity index (χ4n) is 2.88. The van der Waals surface area contributed by atoms with Crippen LogP contribution in [0.1, 0.15) is 44.8 Å². The van der Waals surface area contributed by atoms with E-state index in [0.717, 1.165) is 0 Å². The number of nitrogens with zero attached hydrogens (tertiary/aromatic N) is 3. The molecule has 0 saturated carbocycles. The maximum absolute atomic E-state index is 12.8. The Morgan fingerprint density at radius 3 is 2.78 bits per heavy atom. The zero-order chi connectivity index (χ0) is 19.8. The maximum atomic E-state index is 12.8. The van der Waals surface area contributed by atoms with Crippen LogP contribution >= 0.6 is 0 Å². The number of carbonyl (C=O) groups is 2. The average Bonchev–Trinajstić information content (AvgIpc) is 2.97. The minimum absolute atomic E-state index is 0.0237. The molecule has 9 nitrogen and oxygen atoms in total. The summed E-state index contributed by atoms with van der Waals surface area (Å²) in [4.78, 5) is 30.6. The van der Waals surface area contributed by atoms with Gasteiger partial charge in [-0.3, -0.25) is 4.79 Å². The van der Waals surface area contributed by atoms with Crippen molar-refractivity contribution in [3.8, 4) is 0 Å². The highest BCUT2D eigenvalue weighted by Crippen LogP contribution is 2.33. The summed E-state index contributed by atoms with van der Waals surface area (Å²) < 4.78 is 16.2. The Morgan fingerprint density at radius 1 is 1.41 bits per heavy atom. The Labute approximate surface area is 157 Å². The molecule has 1 fully saturated rings. The molecular formula is C18H24N4O5. The first-order valence-corrected chi connectivity index (χ1v) is 8.76. The number of likely N-dealkylation sites (N-methyl/N-ethyl adjacent to an activating group) is 1. The van der Waals surface area contributed by atoms with E-state index in [1.165, 1.54) is 4.90 Å². The molecule has 2 heterocycles. The van der Waals surface area contributed by atoms with E-state index in [0.29, 0.717) is 29.6 Å². The van der Waals surface area contributed by atoms with Crippen molar-refractivity contribution in [3.63, 3.8) is 0 Å². The van der Waals surface area contributed by atoms with Crippen molar-refractivity contribution in [2.75, 3.05) is 13.7 Å². The lowest BCUT2D eigenvalue weighted by Crippen LogP contribution is -2.49. The second-order valence-electron chi connectivity index (χ2n) is 7.55. The quantitative estimate of drug-likeness (QED) is 0.841. The van der Waals surface area contributed by atoms with E-state index >= 15 is 0 Å². The van der Waals surface area contributed by atoms with Crippen LogP contribution in [0.2, 0.25) is 0 Å². The van der Waals surface area contributed by atoms with Crippen molar-refractivity contribution in [1.82, 2.24) is 20.4 Å². The van der Waals surface area contributed by atoms with Gasteiger partial charge < -0.3 is 24.2 Å². The van der Waals surface area contributed by atoms with Crippen molar-refractivity contribution < 1.29 is 23.6 Å². The van der Waals surface area contributed by atoms with E-state index in [2.05, 4.69) is 15.5 Å². The van der Waals surface area contributed by atoms with E-state index < -0.39 is 17.7 Å². The maximum Gasteiger partial charge on any atom is 0.408 e. The van der Waals surface area contributed by atoms with E-state index in [-0.39, 0.29) is 18.4 Å². The van der Waals surface area contributed by atoms with Gasteiger partial charge in [0.25, 0.3) is 5.91 Å². The highest BCUT2D eigenvalue weighted by molar-refractivity contribution is 5.88. The van der Waals surface area contributed by atoms with Gasteiger partial charge in [0.15, 0.2) is 5.82 Å². The number of ether oxygens (including phenoxy) is 2. The summed E-state index contributed by atoms with van der Waals surface area (Å²) in [5.41, 5.74) is -0.0420. The number of hydrogen-bond acceptors (Lipinski definition) is 7. The van der Waals surface area contributed by atoms with Crippen LogP contribution in [0.5, 0.6) is 0 Å². The van der Waals surface area contributed by atoms with Crippen LogP contribution in [0.4, 0.5) is 4.79 Å². The van der Waals surface area contributed by atoms with Gasteiger partial charge in [-0.1, -0.05) is 5.16 Å². The minimum atomic E-state index is -0.846. The van der Waals surface area contributed by atoms with Crippen molar-refractivity contribution >= 4 is 12.0 Å². The number of nitrogens with one attached hydrogen (secondary N) is 1. The lowest BCUT2D eigenvalue weighted by atomic mass is 9.97. The molecule has 1 aliphatic heterocycles. The van der Waals surface area contributed by atoms with Gasteiger partial charge in [-0.25, -0.2) is 4.79 Å². The van der Waals surface area contributed by atoms with Crippen LogP contribution in [0.15, 0.2) is 28.1 Å². The molecule has 0 radical (unpaired) electrons. The average molecular weight is 376 g/mol. The molecule has 0 bridgehead atoms. The van der Waals surface area contributed by atoms with Gasteiger partial charge in [0.2, 0.25) is 5.89 Å². The Bertz CT molecular complexity index is 805. The van der Waals surface area contributed by atoms with Gasteiger partial charge in [0.05, 0.1) is 11.6 Å². The molecule has 1 N–H and O–H groups in total. The van der Waals surface area contributed by atoms with Crippen molar-refractivity contribution in [1.29, 1.82) is 0 Å². The molecule has 3 rings (SSSR count). The van der Waals surface area contributed by atoms with Crippen LogP contribution in [-0.4, -0.2) is 52.3 Å². The largest absolute Gasteiger partial charge is 0.489 e. The Hall–Kier alpha value is -2.84. The Balaban J connectivity index is 1.77. The number of rotatable bonds is 2. The zero-order valence-corrected chi connectivity index (χ0v) is 16.1. The Morgan fingerprint density at radius 2 is 2.15 bits per heavy atom. The highest BCUT2D eigenvalue weighted by atomic mass is 16.6. The van der Waals surface area contributed by atoms with E-state index in [1.54, 1.807) is 34.7 Å². The van der Waals surface area contributed by atoms with Crippen molar-refractivity contribution in [2.24, 2.45) is 0 Å². The number of allylic oxidation sites excluding steroid dienone is 2. The molecule has 1 saturated heterocycles. The summed E-state index contributed by atoms with van der Waals surface area (Å²) >= 11 is 0. The standard InChI is InChI=1S/C18H24N4O5/c1-10-19-15(27-21-10)11-6-7-14-13(8-11)22(5)16(23)12(9-25-14)20-17(24)26-18(2,3)4/h7-8,11-12H,6,9H2,1-5H3,(H,20,24). The van der Waals surface area contributed by atoms with Gasteiger partial charge in [-0.15, -0.1) is 0 Å². The molecule has 27 heavy (non-hydrogen) atoms. The van der Waals surface area contributed by atoms with Gasteiger partial charge in [-0.05, 0) is 46.3 Å². The van der Waals surface area contributed by atoms with Gasteiger partial charge in [-0.2, -0.15) is 4.98 Å². The molecule has 0 aromatic carbocycles. The van der Waals surface area contributed by atoms with Crippen LogP contribution < -0.4 is 5.32 Å². The fraction of sp³-hybridized carbons (Fsp3) is 0.556. The van der Waals surface area contributed by atoms with Crippen molar-refractivity contribution in [2.45, 2.75) is 51.7 Å². The molecule has 1 aromatic heterocycles. The highest BCUT2D eigenvalue weighted by Gasteiger charge is 2.35. The SMILES string of the molecule is Cc1noc(C2C=C3C(=CC2)OCC(NC(=O)OC(C)(C)C)C(=O)N3C)n1. The third-order valence-electron chi connectivity index (χ3n) is 4.12. The lowest BCUT2D eigenvalue weighted by Gasteiger charge is -2.25. The van der Waals surface area contributed by atoms with Gasteiger partial charge >= 0.3 is 6.09 Å². The first-order valence-electron chi connectivity index (χ1n) is 8.76. The second-order valence-corrected chi connectivity index (χ2v) is 7.55. The smallest absolute Gasteiger partial charge is 0.408 e. The van der Waals surface area contributed by atoms with E-state index in [9.17, 15) is 9.59 Å². The number of carbonyl (C=O) groups excluding carboxylic acids is 2. The topological polar surface area (TPSA) is 107 Å². The molecular weight excluding hydrogens is 352 g/mol. The third kappa shape index (κ3) is 4.29. The van der Waals surface area contributed by atoms with Gasteiger partial charge in [0.1, 0.15) is 24.0 Å². The summed E-state index contributed by atoms with van der Waals surface area (Å²) in [6.07, 6.45) is 3.71. The summed E-state index contributed by atoms with van der Waals surface area (Å²) in [5.74, 6) is 1.20. The first kappa shape index (κ1) is 18.9. The van der Waals surface area contributed by atoms with E-state index in [4.69, 9.17) is 14.0 Å². The molecule has 2 amide bonds. The second kappa shape index (κ2) is 7.05. The van der Waals surface area contributed by atoms with Crippen LogP contribution in [0.3, 0.4) is 0 Å². The molecule has 9 heteroatoms. The molecule has 1 aromatic rings. The van der Waals surface area contributed by atoms with Crippen LogP contribution in [-0.2, 0) is 14.3 Å². The number of alkyl carbamates (subject to hydrolysis) is 1. The monoisotopic (exact) mass is 376 g/mol. The molecule has 1 aliphatic carbocycles. The lowest BCUT2D eigenvalue weighted by molar-refractivity contribution is -0.130. The third-order valence-corrected chi connectivity index (χ3v) is 4.12. The summed E-state index contributed by atoms with van der Waals surface area (Å²) in [6.45, 7) is 7.05. The minimum Gasteiger partial charge on any atom is -0.489 e. The van der Waals surface area contributed by atoms with Gasteiger partial charge in [0, 0.05) is 7.05 Å². The van der Waals surface area contributed by atoms with Crippen LogP contribution in [0.25, 0.3) is 0 Å². The number of amides is 2. The fourth-order valence-corrected chi connectivity index (χ4v) is 2.88. The number of fused-ring (bicyclic) bond motifs is 1. The Kier molecular flexibility index (Phi) is 4.95. The van der Waals surface area contributed by atoms with Crippen LogP contribution in [0, 0.1) is 6.92 Å². The first-order chi connectivity index (χ1) is 12.6. The molecule has 0 spiro atoms. The number of aryl methyl sites for hydroxylation is 1.